The van der Waals surface area contributed by atoms with Gasteiger partial charge >= 0.3 is 0 Å². The maximum Gasteiger partial charge on any atom is 0.269 e. The number of pyridine rings is 1. The largest absolute Gasteiger partial charge is 0.351 e. The van der Waals surface area contributed by atoms with Crippen molar-refractivity contribution in [1.82, 2.24) is 10.3 Å². The van der Waals surface area contributed by atoms with Gasteiger partial charge in [-0.3, -0.25) is 19.9 Å². The van der Waals surface area contributed by atoms with E-state index in [2.05, 4.69) is 10.3 Å². The van der Waals surface area contributed by atoms with Crippen molar-refractivity contribution in [3.8, 4) is 0 Å². The summed E-state index contributed by atoms with van der Waals surface area (Å²) in [7, 11) is 0. The topological polar surface area (TPSA) is 85.1 Å². The van der Waals surface area contributed by atoms with E-state index >= 15 is 0 Å². The fourth-order valence-corrected chi connectivity index (χ4v) is 1.88. The summed E-state index contributed by atoms with van der Waals surface area (Å²) in [5.74, 6) is -0.504. The average Bonchev–Trinajstić information content (AvgIpc) is 2.53. The Morgan fingerprint density at radius 2 is 2.05 bits per heavy atom. The lowest BCUT2D eigenvalue weighted by atomic mass is 10.00. The van der Waals surface area contributed by atoms with Crippen LogP contribution in [0.4, 0.5) is 5.69 Å². The summed E-state index contributed by atoms with van der Waals surface area (Å²) in [5, 5.41) is 13.4. The number of nitrogens with one attached hydrogen (secondary N) is 1. The Bertz CT molecular complexity index is 626. The first-order chi connectivity index (χ1) is 10.1. The molecular formula is C15H15N3O3. The molecule has 6 heteroatoms. The van der Waals surface area contributed by atoms with E-state index in [1.54, 1.807) is 37.5 Å². The van der Waals surface area contributed by atoms with Gasteiger partial charge in [-0.2, -0.15) is 0 Å². The van der Waals surface area contributed by atoms with Crippen molar-refractivity contribution in [3.63, 3.8) is 0 Å². The van der Waals surface area contributed by atoms with Crippen LogP contribution in [0.1, 0.15) is 24.0 Å². The first-order valence-electron chi connectivity index (χ1n) is 6.49. The number of carbonyl (C=O) groups excluding carboxylic acids is 1. The van der Waals surface area contributed by atoms with E-state index in [4.69, 9.17) is 0 Å². The second-order valence-corrected chi connectivity index (χ2v) is 4.65. The van der Waals surface area contributed by atoms with Crippen LogP contribution in [-0.4, -0.2) is 15.8 Å². The molecule has 21 heavy (non-hydrogen) atoms. The van der Waals surface area contributed by atoms with Crippen molar-refractivity contribution in [1.29, 1.82) is 0 Å². The molecule has 1 heterocycles. The molecule has 6 nitrogen and oxygen atoms in total. The van der Waals surface area contributed by atoms with Crippen molar-refractivity contribution in [3.05, 3.63) is 70.0 Å². The summed E-state index contributed by atoms with van der Waals surface area (Å²) in [6.45, 7) is 2.17. The van der Waals surface area contributed by atoms with Gasteiger partial charge in [-0.05, 0) is 24.1 Å². The molecule has 0 spiro atoms. The highest BCUT2D eigenvalue weighted by atomic mass is 16.6. The molecule has 1 atom stereocenters. The van der Waals surface area contributed by atoms with Gasteiger partial charge in [0.05, 0.1) is 10.8 Å². The molecule has 0 bridgehead atoms. The van der Waals surface area contributed by atoms with Gasteiger partial charge in [-0.1, -0.05) is 18.2 Å². The monoisotopic (exact) mass is 285 g/mol. The van der Waals surface area contributed by atoms with Crippen LogP contribution in [-0.2, 0) is 11.3 Å². The third-order valence-electron chi connectivity index (χ3n) is 3.19. The highest BCUT2D eigenvalue weighted by Gasteiger charge is 2.16. The van der Waals surface area contributed by atoms with Crippen LogP contribution in [0.15, 0.2) is 48.8 Å². The number of aromatic nitrogens is 1. The molecule has 0 fully saturated rings. The smallest absolute Gasteiger partial charge is 0.269 e. The van der Waals surface area contributed by atoms with E-state index in [9.17, 15) is 14.9 Å². The van der Waals surface area contributed by atoms with E-state index in [-0.39, 0.29) is 17.5 Å². The van der Waals surface area contributed by atoms with Gasteiger partial charge in [0, 0.05) is 31.1 Å². The molecule has 1 aromatic heterocycles. The highest BCUT2D eigenvalue weighted by Crippen LogP contribution is 2.19. The lowest BCUT2D eigenvalue weighted by Gasteiger charge is -2.12. The number of benzene rings is 1. The Hall–Kier alpha value is -2.76. The number of hydrogen-bond donors (Lipinski definition) is 1. The van der Waals surface area contributed by atoms with Crippen LogP contribution in [0, 0.1) is 10.1 Å². The zero-order chi connectivity index (χ0) is 15.2. The molecule has 0 saturated carbocycles. The number of nitro groups is 1. The second kappa shape index (κ2) is 6.60. The Morgan fingerprint density at radius 3 is 2.62 bits per heavy atom. The molecule has 0 radical (unpaired) electrons. The minimum atomic E-state index is -0.461. The van der Waals surface area contributed by atoms with E-state index in [0.29, 0.717) is 6.54 Å². The maximum atomic E-state index is 12.1. The van der Waals surface area contributed by atoms with Crippen LogP contribution in [0.25, 0.3) is 0 Å². The SMILES string of the molecule is C[C@@H](C(=O)NCc1cccnc1)c1ccc([N+](=O)[O-])cc1. The summed E-state index contributed by atoms with van der Waals surface area (Å²) in [6, 6.07) is 9.70. The van der Waals surface area contributed by atoms with Crippen molar-refractivity contribution in [2.75, 3.05) is 0 Å². The zero-order valence-corrected chi connectivity index (χ0v) is 11.5. The van der Waals surface area contributed by atoms with Gasteiger partial charge < -0.3 is 5.32 Å². The Kier molecular flexibility index (Phi) is 4.61. The summed E-state index contributed by atoms with van der Waals surface area (Å²) < 4.78 is 0. The van der Waals surface area contributed by atoms with E-state index in [1.165, 1.54) is 12.1 Å². The lowest BCUT2D eigenvalue weighted by Crippen LogP contribution is -2.27. The molecule has 0 aliphatic heterocycles. The number of hydrogen-bond acceptors (Lipinski definition) is 4. The third kappa shape index (κ3) is 3.85. The molecule has 0 aliphatic carbocycles. The molecule has 0 aliphatic rings. The third-order valence-corrected chi connectivity index (χ3v) is 3.19. The second-order valence-electron chi connectivity index (χ2n) is 4.65. The quantitative estimate of drug-likeness (QED) is 0.675. The summed E-state index contributed by atoms with van der Waals surface area (Å²) >= 11 is 0. The van der Waals surface area contributed by atoms with Crippen LogP contribution in [0.5, 0.6) is 0 Å². The van der Waals surface area contributed by atoms with Crippen molar-refractivity contribution >= 4 is 11.6 Å². The van der Waals surface area contributed by atoms with Crippen molar-refractivity contribution in [2.45, 2.75) is 19.4 Å². The number of nitro benzene ring substituents is 1. The van der Waals surface area contributed by atoms with Crippen molar-refractivity contribution in [2.24, 2.45) is 0 Å². The van der Waals surface area contributed by atoms with Crippen LogP contribution >= 0.6 is 0 Å². The predicted molar refractivity (Wildman–Crippen MR) is 77.6 cm³/mol. The minimum absolute atomic E-state index is 0.0155. The molecular weight excluding hydrogens is 270 g/mol. The molecule has 0 saturated heterocycles. The van der Waals surface area contributed by atoms with Gasteiger partial charge in [-0.25, -0.2) is 0 Å². The Morgan fingerprint density at radius 1 is 1.33 bits per heavy atom. The number of non-ortho nitro benzene ring substituents is 1. The first kappa shape index (κ1) is 14.6. The molecule has 0 unspecified atom stereocenters. The minimum Gasteiger partial charge on any atom is -0.351 e. The first-order valence-corrected chi connectivity index (χ1v) is 6.49. The van der Waals surface area contributed by atoms with Gasteiger partial charge in [0.2, 0.25) is 5.91 Å². The number of carbonyl (C=O) groups is 1. The van der Waals surface area contributed by atoms with Gasteiger partial charge in [-0.15, -0.1) is 0 Å². The molecule has 1 amide bonds. The molecule has 1 N–H and O–H groups in total. The van der Waals surface area contributed by atoms with Crippen LogP contribution in [0.2, 0.25) is 0 Å². The standard InChI is InChI=1S/C15H15N3O3/c1-11(13-4-6-14(7-5-13)18(20)21)15(19)17-10-12-3-2-8-16-9-12/h2-9,11H,10H2,1H3,(H,17,19)/t11-/m1/s1. The summed E-state index contributed by atoms with van der Waals surface area (Å²) in [5.41, 5.74) is 1.67. The number of rotatable bonds is 5. The maximum absolute atomic E-state index is 12.1. The Labute approximate surface area is 122 Å². The lowest BCUT2D eigenvalue weighted by molar-refractivity contribution is -0.384. The van der Waals surface area contributed by atoms with E-state index < -0.39 is 4.92 Å². The predicted octanol–water partition coefficient (Wildman–Crippen LogP) is 2.41. The average molecular weight is 285 g/mol. The highest BCUT2D eigenvalue weighted by molar-refractivity contribution is 5.83. The zero-order valence-electron chi connectivity index (χ0n) is 11.5. The molecule has 1 aromatic carbocycles. The van der Waals surface area contributed by atoms with Crippen molar-refractivity contribution < 1.29 is 9.72 Å². The fraction of sp³-hybridized carbons (Fsp3) is 0.200. The van der Waals surface area contributed by atoms with E-state index in [0.717, 1.165) is 11.1 Å². The van der Waals surface area contributed by atoms with Gasteiger partial charge in [0.15, 0.2) is 0 Å². The van der Waals surface area contributed by atoms with Crippen LogP contribution in [0.3, 0.4) is 0 Å². The summed E-state index contributed by atoms with van der Waals surface area (Å²) in [6.07, 6.45) is 3.36. The normalized spacial score (nSPS) is 11.7. The van der Waals surface area contributed by atoms with Gasteiger partial charge in [0.25, 0.3) is 5.69 Å². The summed E-state index contributed by atoms with van der Waals surface area (Å²) in [4.78, 5) is 26.2. The van der Waals surface area contributed by atoms with E-state index in [1.807, 2.05) is 6.07 Å². The molecule has 2 rings (SSSR count). The fourth-order valence-electron chi connectivity index (χ4n) is 1.88. The number of nitrogens with zero attached hydrogens (tertiary/aromatic N) is 2. The number of amides is 1. The van der Waals surface area contributed by atoms with Gasteiger partial charge in [0.1, 0.15) is 0 Å². The van der Waals surface area contributed by atoms with Crippen LogP contribution < -0.4 is 5.32 Å². The Balaban J connectivity index is 1.97. The molecule has 2 aromatic rings. The molecule has 108 valence electrons.